The van der Waals surface area contributed by atoms with Crippen molar-refractivity contribution in [2.45, 2.75) is 38.5 Å². The van der Waals surface area contributed by atoms with E-state index < -0.39 is 11.9 Å². The first kappa shape index (κ1) is 14.4. The fourth-order valence-electron chi connectivity index (χ4n) is 4.97. The molecule has 0 aromatic rings. The first-order chi connectivity index (χ1) is 10.0. The predicted molar refractivity (Wildman–Crippen MR) is 75.9 cm³/mol. The van der Waals surface area contributed by atoms with Crippen molar-refractivity contribution in [3.63, 3.8) is 0 Å². The molecule has 0 aromatic carbocycles. The number of carbonyl (C=O) groups excluding carboxylic acids is 3. The summed E-state index contributed by atoms with van der Waals surface area (Å²) in [6, 6.07) is -0.854. The maximum atomic E-state index is 12.4. The molecule has 4 saturated carbocycles. The molecule has 4 aliphatic carbocycles. The van der Waals surface area contributed by atoms with Crippen LogP contribution in [0.5, 0.6) is 0 Å². The van der Waals surface area contributed by atoms with Crippen molar-refractivity contribution in [3.05, 3.63) is 0 Å². The fourth-order valence-corrected chi connectivity index (χ4v) is 4.97. The van der Waals surface area contributed by atoms with Crippen LogP contribution in [0.2, 0.25) is 0 Å². The smallest absolute Gasteiger partial charge is 0.318 e. The Balaban J connectivity index is 1.48. The van der Waals surface area contributed by atoms with Gasteiger partial charge < -0.3 is 11.1 Å². The van der Waals surface area contributed by atoms with E-state index in [1.807, 2.05) is 5.32 Å². The average molecular weight is 293 g/mol. The minimum absolute atomic E-state index is 0.0853. The largest absolute Gasteiger partial charge is 0.355 e. The van der Waals surface area contributed by atoms with Gasteiger partial charge in [-0.2, -0.15) is 0 Å². The molecule has 4 rings (SSSR count). The molecule has 116 valence electrons. The first-order valence-electron chi connectivity index (χ1n) is 7.90. The Bertz CT molecular complexity index is 435. The molecule has 0 saturated heterocycles. The number of nitrogens with two attached hydrogens (primary N) is 1. The number of primary amides is 1. The molecular weight excluding hydrogens is 270 g/mol. The Hall–Kier alpha value is -1.59. The number of hydrogen-bond acceptors (Lipinski definition) is 3. The molecule has 0 unspecified atom stereocenters. The molecule has 4 aliphatic rings. The van der Waals surface area contributed by atoms with Crippen molar-refractivity contribution in [1.82, 2.24) is 10.6 Å². The number of imide groups is 1. The summed E-state index contributed by atoms with van der Waals surface area (Å²) in [5.41, 5.74) is 4.86. The molecule has 21 heavy (non-hydrogen) atoms. The second kappa shape index (κ2) is 5.66. The van der Waals surface area contributed by atoms with E-state index in [0.717, 1.165) is 11.8 Å². The van der Waals surface area contributed by atoms with Crippen LogP contribution in [0.25, 0.3) is 0 Å². The van der Waals surface area contributed by atoms with Gasteiger partial charge in [0.1, 0.15) is 0 Å². The van der Waals surface area contributed by atoms with Crippen molar-refractivity contribution in [2.75, 3.05) is 6.54 Å². The van der Waals surface area contributed by atoms with Crippen molar-refractivity contribution in [3.8, 4) is 0 Å². The monoisotopic (exact) mass is 293 g/mol. The number of urea groups is 1. The van der Waals surface area contributed by atoms with E-state index in [-0.39, 0.29) is 24.8 Å². The molecule has 4 bridgehead atoms. The SMILES string of the molecule is NC(=O)NC(=O)CCNC(=O)C1C2CC3CC(C2)CC1C3. The van der Waals surface area contributed by atoms with E-state index in [9.17, 15) is 14.4 Å². The number of rotatable bonds is 4. The highest BCUT2D eigenvalue weighted by molar-refractivity contribution is 5.93. The molecule has 0 heterocycles. The molecule has 0 aliphatic heterocycles. The van der Waals surface area contributed by atoms with E-state index in [1.54, 1.807) is 0 Å². The van der Waals surface area contributed by atoms with Crippen molar-refractivity contribution in [1.29, 1.82) is 0 Å². The summed E-state index contributed by atoms with van der Waals surface area (Å²) in [7, 11) is 0. The van der Waals surface area contributed by atoms with Gasteiger partial charge in [0.05, 0.1) is 0 Å². The van der Waals surface area contributed by atoms with Gasteiger partial charge in [-0.1, -0.05) is 0 Å². The molecule has 0 radical (unpaired) electrons. The molecule has 0 spiro atoms. The zero-order valence-electron chi connectivity index (χ0n) is 12.1. The molecule has 0 atom stereocenters. The molecule has 4 N–H and O–H groups in total. The van der Waals surface area contributed by atoms with Gasteiger partial charge in [0.2, 0.25) is 11.8 Å². The summed E-state index contributed by atoms with van der Waals surface area (Å²) in [4.78, 5) is 34.2. The van der Waals surface area contributed by atoms with E-state index in [4.69, 9.17) is 5.73 Å². The normalized spacial score (nSPS) is 36.3. The first-order valence-corrected chi connectivity index (χ1v) is 7.90. The second-order valence-electron chi connectivity index (χ2n) is 6.91. The van der Waals surface area contributed by atoms with Gasteiger partial charge in [-0.05, 0) is 55.8 Å². The summed E-state index contributed by atoms with van der Waals surface area (Å²) in [5, 5.41) is 4.86. The lowest BCUT2D eigenvalue weighted by Crippen LogP contribution is -2.51. The van der Waals surface area contributed by atoms with Crippen molar-refractivity contribution in [2.24, 2.45) is 35.3 Å². The van der Waals surface area contributed by atoms with E-state index in [1.165, 1.54) is 32.1 Å². The summed E-state index contributed by atoms with van der Waals surface area (Å²) < 4.78 is 0. The Morgan fingerprint density at radius 3 is 2.05 bits per heavy atom. The molecule has 4 amide bonds. The Morgan fingerprint density at radius 2 is 1.52 bits per heavy atom. The van der Waals surface area contributed by atoms with Crippen LogP contribution >= 0.6 is 0 Å². The summed E-state index contributed by atoms with van der Waals surface area (Å²) in [6.45, 7) is 0.265. The lowest BCUT2D eigenvalue weighted by Gasteiger charge is -2.53. The quantitative estimate of drug-likeness (QED) is 0.713. The Labute approximate surface area is 124 Å². The van der Waals surface area contributed by atoms with Crippen LogP contribution in [0, 0.1) is 29.6 Å². The van der Waals surface area contributed by atoms with Crippen LogP contribution in [0.15, 0.2) is 0 Å². The average Bonchev–Trinajstić information content (AvgIpc) is 2.36. The van der Waals surface area contributed by atoms with Crippen LogP contribution in [0.4, 0.5) is 4.79 Å². The van der Waals surface area contributed by atoms with Crippen LogP contribution in [0.3, 0.4) is 0 Å². The van der Waals surface area contributed by atoms with Gasteiger partial charge >= 0.3 is 6.03 Å². The topological polar surface area (TPSA) is 101 Å². The zero-order valence-corrected chi connectivity index (χ0v) is 12.1. The third-order valence-corrected chi connectivity index (χ3v) is 5.44. The van der Waals surface area contributed by atoms with Crippen LogP contribution in [0.1, 0.15) is 38.5 Å². The third-order valence-electron chi connectivity index (χ3n) is 5.44. The second-order valence-corrected chi connectivity index (χ2v) is 6.91. The maximum Gasteiger partial charge on any atom is 0.318 e. The van der Waals surface area contributed by atoms with Crippen LogP contribution in [-0.2, 0) is 9.59 Å². The summed E-state index contributed by atoms with van der Waals surface area (Å²) in [5.74, 6) is 2.55. The van der Waals surface area contributed by atoms with Gasteiger partial charge in [0.15, 0.2) is 0 Å². The highest BCUT2D eigenvalue weighted by Crippen LogP contribution is 2.56. The van der Waals surface area contributed by atoms with Crippen molar-refractivity contribution >= 4 is 17.8 Å². The van der Waals surface area contributed by atoms with Gasteiger partial charge in [-0.25, -0.2) is 4.79 Å². The van der Waals surface area contributed by atoms with Gasteiger partial charge in [-0.3, -0.25) is 14.9 Å². The third kappa shape index (κ3) is 3.04. The summed E-state index contributed by atoms with van der Waals surface area (Å²) >= 11 is 0. The van der Waals surface area contributed by atoms with Gasteiger partial charge in [-0.15, -0.1) is 0 Å². The van der Waals surface area contributed by atoms with E-state index in [2.05, 4.69) is 5.32 Å². The minimum Gasteiger partial charge on any atom is -0.355 e. The Morgan fingerprint density at radius 1 is 0.952 bits per heavy atom. The lowest BCUT2D eigenvalue weighted by molar-refractivity contribution is -0.138. The number of hydrogen-bond donors (Lipinski definition) is 3. The molecular formula is C15H23N3O3. The molecule has 6 nitrogen and oxygen atoms in total. The number of carbonyl (C=O) groups is 3. The molecule has 0 aromatic heterocycles. The van der Waals surface area contributed by atoms with Crippen LogP contribution < -0.4 is 16.4 Å². The zero-order chi connectivity index (χ0) is 15.0. The van der Waals surface area contributed by atoms with Crippen LogP contribution in [-0.4, -0.2) is 24.4 Å². The van der Waals surface area contributed by atoms with Gasteiger partial charge in [0.25, 0.3) is 0 Å². The summed E-state index contributed by atoms with van der Waals surface area (Å²) in [6.07, 6.45) is 6.26. The lowest BCUT2D eigenvalue weighted by atomic mass is 9.51. The standard InChI is InChI=1S/C15H23N3O3/c16-15(21)18-12(19)1-2-17-14(20)13-10-4-8-3-9(6-10)7-11(13)5-8/h8-11,13H,1-7H2,(H,17,20)(H3,16,18,19,21). The van der Waals surface area contributed by atoms with E-state index in [0.29, 0.717) is 11.8 Å². The van der Waals surface area contributed by atoms with Crippen molar-refractivity contribution < 1.29 is 14.4 Å². The van der Waals surface area contributed by atoms with Gasteiger partial charge in [0, 0.05) is 18.9 Å². The fraction of sp³-hybridized carbons (Fsp3) is 0.800. The predicted octanol–water partition coefficient (Wildman–Crippen LogP) is 0.760. The minimum atomic E-state index is -0.854. The maximum absolute atomic E-state index is 12.4. The molecule has 4 fully saturated rings. The molecule has 6 heteroatoms. The van der Waals surface area contributed by atoms with E-state index >= 15 is 0 Å². The number of nitrogens with one attached hydrogen (secondary N) is 2. The highest BCUT2D eigenvalue weighted by Gasteiger charge is 2.50. The number of amides is 4. The highest BCUT2D eigenvalue weighted by atomic mass is 16.2. The Kier molecular flexibility index (Phi) is 3.87.